The average molecular weight is 492 g/mol. The van der Waals surface area contributed by atoms with Gasteiger partial charge in [0, 0.05) is 39.8 Å². The maximum absolute atomic E-state index is 6.49. The molecule has 174 valence electrons. The van der Waals surface area contributed by atoms with E-state index in [1.54, 1.807) is 0 Å². The van der Waals surface area contributed by atoms with Crippen LogP contribution in [0.1, 0.15) is 11.1 Å². The Morgan fingerprint density at radius 1 is 0.541 bits per heavy atom. The zero-order chi connectivity index (χ0) is 24.6. The van der Waals surface area contributed by atoms with Crippen LogP contribution in [0.3, 0.4) is 0 Å². The Labute approximate surface area is 219 Å². The van der Waals surface area contributed by atoms with Gasteiger partial charge in [-0.15, -0.1) is 0 Å². The number of para-hydroxylation sites is 1. The Morgan fingerprint density at radius 2 is 1.14 bits per heavy atom. The molecule has 0 radical (unpaired) electrons. The van der Waals surface area contributed by atoms with Crippen LogP contribution in [0.2, 0.25) is 0 Å². The van der Waals surface area contributed by atoms with Gasteiger partial charge in [0.2, 0.25) is 21.1 Å². The van der Waals surface area contributed by atoms with Crippen LogP contribution < -0.4 is 0 Å². The van der Waals surface area contributed by atoms with Gasteiger partial charge in [0.25, 0.3) is 0 Å². The van der Waals surface area contributed by atoms with Crippen LogP contribution in [-0.4, -0.2) is 0 Å². The molecular weight excluding hydrogens is 468 g/mol. The average Bonchev–Trinajstić information content (AvgIpc) is 3.28. The zero-order valence-electron chi connectivity index (χ0n) is 20.1. The first kappa shape index (κ1) is 21.7. The van der Waals surface area contributed by atoms with Gasteiger partial charge >= 0.3 is 0 Å². The molecule has 37 heavy (non-hydrogen) atoms. The summed E-state index contributed by atoms with van der Waals surface area (Å²) in [7, 11) is 0. The molecule has 0 atom stereocenters. The Balaban J connectivity index is 1.41. The molecule has 2 heteroatoms. The van der Waals surface area contributed by atoms with E-state index in [0.29, 0.717) is 0 Å². The highest BCUT2D eigenvalue weighted by Crippen LogP contribution is 2.42. The molecule has 1 aliphatic carbocycles. The molecule has 0 bridgehead atoms. The fourth-order valence-corrected chi connectivity index (χ4v) is 6.14. The summed E-state index contributed by atoms with van der Waals surface area (Å²) >= 11 is 1.82. The summed E-state index contributed by atoms with van der Waals surface area (Å²) in [5.41, 5.74) is 6.79. The van der Waals surface area contributed by atoms with Crippen molar-refractivity contribution in [2.24, 2.45) is 0 Å². The standard InChI is InChI=1S/C35H23OS/c1-3-11-25(12-4-1)33-21-24(22-34(37-33)26-13-5-2-6-14-26)19-20-30-28-16-8-9-17-29(28)31-23-27-15-7-10-18-32(27)36-35(30)31/h1-23H/q+1/b20-19+. The monoisotopic (exact) mass is 491 g/mol. The normalized spacial score (nSPS) is 11.7. The third kappa shape index (κ3) is 4.02. The van der Waals surface area contributed by atoms with E-state index in [1.807, 2.05) is 23.5 Å². The molecule has 0 fully saturated rings. The molecule has 0 amide bonds. The van der Waals surface area contributed by atoms with Crippen molar-refractivity contribution < 1.29 is 4.42 Å². The van der Waals surface area contributed by atoms with E-state index in [4.69, 9.17) is 4.42 Å². The summed E-state index contributed by atoms with van der Waals surface area (Å²) in [6.45, 7) is 0. The van der Waals surface area contributed by atoms with E-state index in [-0.39, 0.29) is 0 Å². The van der Waals surface area contributed by atoms with Crippen LogP contribution in [0.5, 0.6) is 0 Å². The Hall–Kier alpha value is -4.53. The quantitative estimate of drug-likeness (QED) is 0.223. The molecule has 7 rings (SSSR count). The van der Waals surface area contributed by atoms with Gasteiger partial charge in [-0.1, -0.05) is 84.9 Å². The van der Waals surface area contributed by atoms with E-state index in [9.17, 15) is 0 Å². The van der Waals surface area contributed by atoms with Crippen molar-refractivity contribution >= 4 is 45.2 Å². The van der Waals surface area contributed by atoms with Crippen LogP contribution in [0.4, 0.5) is 0 Å². The van der Waals surface area contributed by atoms with Gasteiger partial charge in [-0.05, 0) is 58.8 Å². The molecule has 5 aromatic rings. The van der Waals surface area contributed by atoms with E-state index >= 15 is 0 Å². The van der Waals surface area contributed by atoms with Crippen LogP contribution in [0.15, 0.2) is 132 Å². The van der Waals surface area contributed by atoms with Gasteiger partial charge in [-0.2, -0.15) is 0 Å². The van der Waals surface area contributed by atoms with Crippen molar-refractivity contribution in [3.8, 4) is 32.2 Å². The fraction of sp³-hybridized carbons (Fsp3) is 0. The minimum absolute atomic E-state index is 0.902. The van der Waals surface area contributed by atoms with Crippen LogP contribution in [-0.2, 0) is 0 Å². The maximum Gasteiger partial charge on any atom is 0.239 e. The van der Waals surface area contributed by atoms with Crippen molar-refractivity contribution in [2.45, 2.75) is 0 Å². The van der Waals surface area contributed by atoms with E-state index < -0.39 is 0 Å². The number of hydrogen-bond donors (Lipinski definition) is 0. The fourth-order valence-electron chi connectivity index (χ4n) is 5.01. The maximum atomic E-state index is 6.49. The molecule has 0 N–H and O–H groups in total. The minimum Gasteiger partial charge on any atom is -0.455 e. The van der Waals surface area contributed by atoms with Gasteiger partial charge in [0.15, 0.2) is 0 Å². The Bertz CT molecular complexity index is 1810. The third-order valence-corrected chi connectivity index (χ3v) is 7.95. The molecule has 1 aromatic heterocycles. The number of benzene rings is 4. The molecule has 4 aromatic carbocycles. The summed E-state index contributed by atoms with van der Waals surface area (Å²) in [5.74, 6) is 0.932. The zero-order valence-corrected chi connectivity index (χ0v) is 20.9. The lowest BCUT2D eigenvalue weighted by Crippen LogP contribution is -1.82. The van der Waals surface area contributed by atoms with Crippen LogP contribution in [0, 0.1) is 0 Å². The minimum atomic E-state index is 0.902. The van der Waals surface area contributed by atoms with E-state index in [1.165, 1.54) is 31.7 Å². The predicted molar refractivity (Wildman–Crippen MR) is 159 cm³/mol. The molecule has 0 saturated heterocycles. The molecule has 0 saturated carbocycles. The highest BCUT2D eigenvalue weighted by atomic mass is 32.1. The van der Waals surface area contributed by atoms with Crippen molar-refractivity contribution in [1.82, 2.24) is 0 Å². The Morgan fingerprint density at radius 3 is 1.84 bits per heavy atom. The van der Waals surface area contributed by atoms with Gasteiger partial charge in [0.05, 0.1) is 0 Å². The second kappa shape index (κ2) is 9.16. The van der Waals surface area contributed by atoms with Crippen LogP contribution in [0.25, 0.3) is 66.1 Å². The molecule has 0 unspecified atom stereocenters. The van der Waals surface area contributed by atoms with E-state index in [2.05, 4.69) is 127 Å². The summed E-state index contributed by atoms with van der Waals surface area (Å²) in [5, 5.41) is 3.54. The summed E-state index contributed by atoms with van der Waals surface area (Å²) in [6.07, 6.45) is 4.43. The summed E-state index contributed by atoms with van der Waals surface area (Å²) < 4.78 is 6.49. The highest BCUT2D eigenvalue weighted by Gasteiger charge is 2.21. The third-order valence-electron chi connectivity index (χ3n) is 6.80. The molecule has 0 spiro atoms. The Kier molecular flexibility index (Phi) is 5.38. The second-order valence-electron chi connectivity index (χ2n) is 9.17. The highest BCUT2D eigenvalue weighted by molar-refractivity contribution is 7.18. The SMILES string of the molecule is C(=C\c1c2oc3ccccc3cc-2c2ccccc12)/c1cc(-c2ccccc2)[s+]c(-c2ccccc2)c1. The molecule has 2 aliphatic rings. The van der Waals surface area contributed by atoms with Crippen molar-refractivity contribution in [3.63, 3.8) is 0 Å². The molecule has 1 aliphatic heterocycles. The summed E-state index contributed by atoms with van der Waals surface area (Å²) in [4.78, 5) is 2.49. The molecular formula is C35H23OS+. The first-order valence-corrected chi connectivity index (χ1v) is 13.3. The van der Waals surface area contributed by atoms with Gasteiger partial charge in [-0.3, -0.25) is 0 Å². The molecule has 1 nitrogen and oxygen atoms in total. The number of hydrogen-bond acceptors (Lipinski definition) is 1. The number of fused-ring (bicyclic) bond motifs is 4. The van der Waals surface area contributed by atoms with Gasteiger partial charge in [0.1, 0.15) is 11.3 Å². The predicted octanol–water partition coefficient (Wildman–Crippen LogP) is 10.5. The number of rotatable bonds is 4. The topological polar surface area (TPSA) is 13.1 Å². The first-order valence-electron chi connectivity index (χ1n) is 12.4. The lowest BCUT2D eigenvalue weighted by atomic mass is 10.1. The lowest BCUT2D eigenvalue weighted by Gasteiger charge is -2.04. The van der Waals surface area contributed by atoms with Crippen LogP contribution >= 0.6 is 11.3 Å². The van der Waals surface area contributed by atoms with Crippen molar-refractivity contribution in [3.05, 3.63) is 139 Å². The van der Waals surface area contributed by atoms with E-state index in [0.717, 1.165) is 33.4 Å². The largest absolute Gasteiger partial charge is 0.455 e. The summed E-state index contributed by atoms with van der Waals surface area (Å²) in [6, 6.07) is 44.8. The second-order valence-corrected chi connectivity index (χ2v) is 10.3. The van der Waals surface area contributed by atoms with Crippen molar-refractivity contribution in [1.29, 1.82) is 0 Å². The smallest absolute Gasteiger partial charge is 0.239 e. The first-order chi connectivity index (χ1) is 18.3. The van der Waals surface area contributed by atoms with Crippen molar-refractivity contribution in [2.75, 3.05) is 0 Å². The lowest BCUT2D eigenvalue weighted by molar-refractivity contribution is 0.621. The molecule has 2 heterocycles. The van der Waals surface area contributed by atoms with Gasteiger partial charge in [-0.25, -0.2) is 0 Å². The van der Waals surface area contributed by atoms with Gasteiger partial charge < -0.3 is 4.42 Å².